The van der Waals surface area contributed by atoms with Crippen LogP contribution >= 0.6 is 11.8 Å². The van der Waals surface area contributed by atoms with Gasteiger partial charge in [-0.25, -0.2) is 4.79 Å². The smallest absolute Gasteiger partial charge is 0.337 e. The normalized spacial score (nSPS) is 9.82. The van der Waals surface area contributed by atoms with Gasteiger partial charge in [-0.2, -0.15) is 5.26 Å². The molecule has 0 unspecified atom stereocenters. The second-order valence-electron chi connectivity index (χ2n) is 4.17. The molecule has 0 heterocycles. The summed E-state index contributed by atoms with van der Waals surface area (Å²) in [5.41, 5.74) is 0.674. The number of nitriles is 1. The van der Waals surface area contributed by atoms with E-state index < -0.39 is 10.9 Å². The molecule has 6 nitrogen and oxygen atoms in total. The maximum Gasteiger partial charge on any atom is 0.337 e. The van der Waals surface area contributed by atoms with E-state index in [0.29, 0.717) is 20.9 Å². The lowest BCUT2D eigenvalue weighted by molar-refractivity contribution is -0.387. The van der Waals surface area contributed by atoms with Crippen molar-refractivity contribution >= 4 is 23.4 Å². The lowest BCUT2D eigenvalue weighted by atomic mass is 10.2. The van der Waals surface area contributed by atoms with Gasteiger partial charge in [-0.3, -0.25) is 10.1 Å². The summed E-state index contributed by atoms with van der Waals surface area (Å²) in [5.74, 6) is -0.450. The zero-order valence-electron chi connectivity index (χ0n) is 11.5. The number of carbonyl (C=O) groups is 1. The number of hydrogen-bond donors (Lipinski definition) is 0. The average Bonchev–Trinajstić information content (AvgIpc) is 2.54. The summed E-state index contributed by atoms with van der Waals surface area (Å²) in [6.45, 7) is 0. The van der Waals surface area contributed by atoms with Crippen molar-refractivity contribution in [3.63, 3.8) is 0 Å². The highest BCUT2D eigenvalue weighted by Crippen LogP contribution is 2.35. The summed E-state index contributed by atoms with van der Waals surface area (Å²) in [6.07, 6.45) is 0. The molecule has 22 heavy (non-hydrogen) atoms. The lowest BCUT2D eigenvalue weighted by Crippen LogP contribution is -2.00. The first-order valence-corrected chi connectivity index (χ1v) is 6.91. The van der Waals surface area contributed by atoms with Gasteiger partial charge in [0.05, 0.1) is 34.1 Å². The van der Waals surface area contributed by atoms with Crippen LogP contribution in [0.15, 0.2) is 52.3 Å². The number of esters is 1. The van der Waals surface area contributed by atoms with E-state index in [-0.39, 0.29) is 5.69 Å². The molecular weight excluding hydrogens is 304 g/mol. The fourth-order valence-corrected chi connectivity index (χ4v) is 2.68. The molecule has 110 valence electrons. The molecule has 0 aliphatic carbocycles. The maximum absolute atomic E-state index is 11.4. The van der Waals surface area contributed by atoms with Crippen molar-refractivity contribution in [2.24, 2.45) is 0 Å². The second kappa shape index (κ2) is 6.74. The fraction of sp³-hybridized carbons (Fsp3) is 0.0667. The van der Waals surface area contributed by atoms with Gasteiger partial charge in [-0.15, -0.1) is 0 Å². The van der Waals surface area contributed by atoms with Crippen molar-refractivity contribution in [2.75, 3.05) is 7.11 Å². The Balaban J connectivity index is 2.32. The lowest BCUT2D eigenvalue weighted by Gasteiger charge is -2.04. The SMILES string of the molecule is COC(=O)c1ccc(Sc2cc(C#N)ccc2[N+](=O)[O-])cc1. The number of carbonyl (C=O) groups excluding carboxylic acids is 1. The molecule has 7 heteroatoms. The van der Waals surface area contributed by atoms with E-state index >= 15 is 0 Å². The van der Waals surface area contributed by atoms with Crippen LogP contribution in [-0.4, -0.2) is 18.0 Å². The quantitative estimate of drug-likeness (QED) is 0.488. The number of nitro groups is 1. The molecule has 0 aliphatic rings. The van der Waals surface area contributed by atoms with Crippen LogP contribution in [-0.2, 0) is 4.74 Å². The molecule has 0 saturated heterocycles. The van der Waals surface area contributed by atoms with Gasteiger partial charge >= 0.3 is 5.97 Å². The summed E-state index contributed by atoms with van der Waals surface area (Å²) in [4.78, 5) is 23.0. The highest BCUT2D eigenvalue weighted by Gasteiger charge is 2.16. The highest BCUT2D eigenvalue weighted by molar-refractivity contribution is 7.99. The molecule has 0 bridgehead atoms. The van der Waals surface area contributed by atoms with Gasteiger partial charge in [0, 0.05) is 11.0 Å². The van der Waals surface area contributed by atoms with Gasteiger partial charge in [0.1, 0.15) is 0 Å². The predicted molar refractivity (Wildman–Crippen MR) is 79.7 cm³/mol. The molecule has 0 fully saturated rings. The van der Waals surface area contributed by atoms with Gasteiger partial charge in [0.25, 0.3) is 5.69 Å². The van der Waals surface area contributed by atoms with Crippen LogP contribution in [0.4, 0.5) is 5.69 Å². The van der Waals surface area contributed by atoms with Crippen LogP contribution in [0, 0.1) is 21.4 Å². The summed E-state index contributed by atoms with van der Waals surface area (Å²) >= 11 is 1.16. The van der Waals surface area contributed by atoms with Crippen molar-refractivity contribution in [1.82, 2.24) is 0 Å². The van der Waals surface area contributed by atoms with Crippen LogP contribution in [0.2, 0.25) is 0 Å². The zero-order chi connectivity index (χ0) is 16.1. The van der Waals surface area contributed by atoms with E-state index in [1.54, 1.807) is 24.3 Å². The van der Waals surface area contributed by atoms with Crippen molar-refractivity contribution in [2.45, 2.75) is 9.79 Å². The van der Waals surface area contributed by atoms with Gasteiger partial charge in [-0.05, 0) is 36.4 Å². The van der Waals surface area contributed by atoms with E-state index in [2.05, 4.69) is 4.74 Å². The number of ether oxygens (including phenoxy) is 1. The Bertz CT molecular complexity index is 766. The summed E-state index contributed by atoms with van der Waals surface area (Å²) < 4.78 is 4.60. The van der Waals surface area contributed by atoms with E-state index in [1.165, 1.54) is 25.3 Å². The largest absolute Gasteiger partial charge is 0.465 e. The van der Waals surface area contributed by atoms with Gasteiger partial charge in [0.2, 0.25) is 0 Å². The number of nitrogens with zero attached hydrogens (tertiary/aromatic N) is 2. The Hall–Kier alpha value is -2.85. The topological polar surface area (TPSA) is 93.2 Å². The molecule has 0 aromatic heterocycles. The number of methoxy groups -OCH3 is 1. The zero-order valence-corrected chi connectivity index (χ0v) is 12.3. The molecular formula is C15H10N2O4S. The Morgan fingerprint density at radius 2 is 1.95 bits per heavy atom. The summed E-state index contributed by atoms with van der Waals surface area (Å²) in [7, 11) is 1.29. The molecule has 2 aromatic carbocycles. The first kappa shape index (κ1) is 15.5. The van der Waals surface area contributed by atoms with Gasteiger partial charge in [-0.1, -0.05) is 11.8 Å². The minimum absolute atomic E-state index is 0.0685. The average molecular weight is 314 g/mol. The highest BCUT2D eigenvalue weighted by atomic mass is 32.2. The minimum atomic E-state index is -0.494. The molecule has 0 spiro atoms. The third-order valence-electron chi connectivity index (χ3n) is 2.79. The van der Waals surface area contributed by atoms with Crippen molar-refractivity contribution in [3.8, 4) is 6.07 Å². The standard InChI is InChI=1S/C15H10N2O4S/c1-21-15(18)11-3-5-12(6-4-11)22-14-8-10(9-16)2-7-13(14)17(19)20/h2-8H,1H3. The van der Waals surface area contributed by atoms with Crippen LogP contribution < -0.4 is 0 Å². The number of rotatable bonds is 4. The van der Waals surface area contributed by atoms with E-state index in [9.17, 15) is 14.9 Å². The molecule has 0 N–H and O–H groups in total. The number of benzene rings is 2. The van der Waals surface area contributed by atoms with Gasteiger partial charge in [0.15, 0.2) is 0 Å². The Kier molecular flexibility index (Phi) is 4.76. The molecule has 2 aromatic rings. The van der Waals surface area contributed by atoms with E-state index in [1.807, 2.05) is 6.07 Å². The third kappa shape index (κ3) is 3.42. The monoisotopic (exact) mass is 314 g/mol. The van der Waals surface area contributed by atoms with Crippen LogP contribution in [0.25, 0.3) is 0 Å². The Labute approximate surface area is 130 Å². The first-order chi connectivity index (χ1) is 10.5. The van der Waals surface area contributed by atoms with Gasteiger partial charge < -0.3 is 4.74 Å². The number of nitro benzene ring substituents is 1. The molecule has 0 amide bonds. The summed E-state index contributed by atoms with van der Waals surface area (Å²) in [5, 5.41) is 19.9. The molecule has 0 saturated carbocycles. The Morgan fingerprint density at radius 1 is 1.27 bits per heavy atom. The number of hydrogen-bond acceptors (Lipinski definition) is 6. The molecule has 2 rings (SSSR count). The van der Waals surface area contributed by atoms with E-state index in [0.717, 1.165) is 11.8 Å². The summed E-state index contributed by atoms with van der Waals surface area (Å²) in [6, 6.07) is 12.6. The Morgan fingerprint density at radius 3 is 2.50 bits per heavy atom. The second-order valence-corrected chi connectivity index (χ2v) is 5.28. The molecule has 0 radical (unpaired) electrons. The van der Waals surface area contributed by atoms with Crippen LogP contribution in [0.3, 0.4) is 0 Å². The fourth-order valence-electron chi connectivity index (χ4n) is 1.72. The first-order valence-electron chi connectivity index (χ1n) is 6.10. The van der Waals surface area contributed by atoms with Crippen LogP contribution in [0.5, 0.6) is 0 Å². The van der Waals surface area contributed by atoms with Crippen LogP contribution in [0.1, 0.15) is 15.9 Å². The van der Waals surface area contributed by atoms with Crippen molar-refractivity contribution < 1.29 is 14.5 Å². The van der Waals surface area contributed by atoms with Crippen molar-refractivity contribution in [3.05, 3.63) is 63.7 Å². The molecule has 0 aliphatic heterocycles. The minimum Gasteiger partial charge on any atom is -0.465 e. The maximum atomic E-state index is 11.4. The third-order valence-corrected chi connectivity index (χ3v) is 3.84. The molecule has 0 atom stereocenters. The van der Waals surface area contributed by atoms with Crippen molar-refractivity contribution in [1.29, 1.82) is 5.26 Å². The van der Waals surface area contributed by atoms with E-state index in [4.69, 9.17) is 5.26 Å². The predicted octanol–water partition coefficient (Wildman–Crippen LogP) is 3.40.